The topological polar surface area (TPSA) is 64.4 Å². The van der Waals surface area contributed by atoms with Crippen molar-refractivity contribution in [2.75, 3.05) is 11.9 Å². The monoisotopic (exact) mass is 256 g/mol. The summed E-state index contributed by atoms with van der Waals surface area (Å²) in [7, 11) is 0. The normalized spacial score (nSPS) is 23.6. The number of rotatable bonds is 3. The zero-order valence-electron chi connectivity index (χ0n) is 9.35. The third-order valence-electron chi connectivity index (χ3n) is 2.89. The molecule has 0 aliphatic carbocycles. The van der Waals surface area contributed by atoms with Gasteiger partial charge in [-0.2, -0.15) is 0 Å². The summed E-state index contributed by atoms with van der Waals surface area (Å²) >= 11 is 5.99. The molecule has 92 valence electrons. The van der Waals surface area contributed by atoms with E-state index in [9.17, 15) is 10.1 Å². The molecule has 2 rings (SSSR count). The largest absolute Gasteiger partial charge is 0.376 e. The van der Waals surface area contributed by atoms with Crippen LogP contribution in [0.1, 0.15) is 13.3 Å². The fourth-order valence-electron chi connectivity index (χ4n) is 1.91. The Morgan fingerprint density at radius 3 is 2.94 bits per heavy atom. The van der Waals surface area contributed by atoms with Crippen molar-refractivity contribution in [3.05, 3.63) is 33.3 Å². The minimum atomic E-state index is -0.436. The first kappa shape index (κ1) is 12.1. The molecular weight excluding hydrogens is 244 g/mol. The SMILES string of the molecule is CC1OCCC1Nc1c(Cl)cccc1[N+](=O)[O-]. The third kappa shape index (κ3) is 2.50. The van der Waals surface area contributed by atoms with Gasteiger partial charge in [-0.15, -0.1) is 0 Å². The molecule has 6 heteroatoms. The molecule has 0 aromatic heterocycles. The summed E-state index contributed by atoms with van der Waals surface area (Å²) in [5.74, 6) is 0. The maximum absolute atomic E-state index is 10.9. The van der Waals surface area contributed by atoms with Crippen molar-refractivity contribution in [3.8, 4) is 0 Å². The van der Waals surface area contributed by atoms with Gasteiger partial charge in [0.25, 0.3) is 5.69 Å². The second-order valence-electron chi connectivity index (χ2n) is 4.01. The van der Waals surface area contributed by atoms with Crippen molar-refractivity contribution >= 4 is 23.0 Å². The Morgan fingerprint density at radius 1 is 1.59 bits per heavy atom. The summed E-state index contributed by atoms with van der Waals surface area (Å²) in [5.41, 5.74) is 0.373. The molecule has 1 aromatic rings. The second kappa shape index (κ2) is 4.89. The Morgan fingerprint density at radius 2 is 2.35 bits per heavy atom. The van der Waals surface area contributed by atoms with Crippen LogP contribution in [-0.4, -0.2) is 23.7 Å². The predicted octanol–water partition coefficient (Wildman–Crippen LogP) is 2.84. The van der Waals surface area contributed by atoms with Crippen molar-refractivity contribution in [3.63, 3.8) is 0 Å². The van der Waals surface area contributed by atoms with Crippen LogP contribution in [0, 0.1) is 10.1 Å². The standard InChI is InChI=1S/C11H13ClN2O3/c1-7-9(5-6-17-7)13-11-8(12)3-2-4-10(11)14(15)16/h2-4,7,9,13H,5-6H2,1H3. The molecule has 0 saturated carbocycles. The van der Waals surface area contributed by atoms with Gasteiger partial charge in [0.05, 0.1) is 22.1 Å². The van der Waals surface area contributed by atoms with E-state index >= 15 is 0 Å². The fourth-order valence-corrected chi connectivity index (χ4v) is 2.14. The molecule has 5 nitrogen and oxygen atoms in total. The van der Waals surface area contributed by atoms with E-state index in [1.54, 1.807) is 12.1 Å². The van der Waals surface area contributed by atoms with Crippen molar-refractivity contribution in [1.82, 2.24) is 0 Å². The van der Waals surface area contributed by atoms with Gasteiger partial charge in [-0.25, -0.2) is 0 Å². The number of nitrogens with one attached hydrogen (secondary N) is 1. The average molecular weight is 257 g/mol. The van der Waals surface area contributed by atoms with Crippen molar-refractivity contribution < 1.29 is 9.66 Å². The molecule has 0 spiro atoms. The zero-order chi connectivity index (χ0) is 12.4. The number of nitro benzene ring substituents is 1. The van der Waals surface area contributed by atoms with Crippen LogP contribution >= 0.6 is 11.6 Å². The zero-order valence-corrected chi connectivity index (χ0v) is 10.1. The number of para-hydroxylation sites is 1. The van der Waals surface area contributed by atoms with Crippen molar-refractivity contribution in [2.45, 2.75) is 25.5 Å². The van der Waals surface area contributed by atoms with Gasteiger partial charge in [0.2, 0.25) is 0 Å². The quantitative estimate of drug-likeness (QED) is 0.667. The van der Waals surface area contributed by atoms with Gasteiger partial charge in [0, 0.05) is 12.7 Å². The predicted molar refractivity (Wildman–Crippen MR) is 65.5 cm³/mol. The molecular formula is C11H13ClN2O3. The van der Waals surface area contributed by atoms with Crippen LogP contribution in [0.5, 0.6) is 0 Å². The summed E-state index contributed by atoms with van der Waals surface area (Å²) in [6.45, 7) is 2.60. The van der Waals surface area contributed by atoms with E-state index < -0.39 is 4.92 Å². The van der Waals surface area contributed by atoms with E-state index in [-0.39, 0.29) is 17.8 Å². The van der Waals surface area contributed by atoms with Gasteiger partial charge < -0.3 is 10.1 Å². The van der Waals surface area contributed by atoms with E-state index in [1.807, 2.05) is 6.92 Å². The van der Waals surface area contributed by atoms with Crippen LogP contribution in [-0.2, 0) is 4.74 Å². The Balaban J connectivity index is 2.27. The molecule has 1 fully saturated rings. The maximum Gasteiger partial charge on any atom is 0.293 e. The number of halogens is 1. The van der Waals surface area contributed by atoms with Crippen LogP contribution in [0.15, 0.2) is 18.2 Å². The minimum absolute atomic E-state index is 0.00315. The lowest BCUT2D eigenvalue weighted by Crippen LogP contribution is -2.27. The molecule has 1 heterocycles. The van der Waals surface area contributed by atoms with E-state index in [0.29, 0.717) is 17.3 Å². The summed E-state index contributed by atoms with van der Waals surface area (Å²) < 4.78 is 5.40. The highest BCUT2D eigenvalue weighted by Gasteiger charge is 2.27. The lowest BCUT2D eigenvalue weighted by Gasteiger charge is -2.18. The number of benzene rings is 1. The number of anilines is 1. The molecule has 0 bridgehead atoms. The molecule has 0 radical (unpaired) electrons. The highest BCUT2D eigenvalue weighted by molar-refractivity contribution is 6.33. The van der Waals surface area contributed by atoms with Crippen LogP contribution in [0.4, 0.5) is 11.4 Å². The van der Waals surface area contributed by atoms with Crippen LogP contribution < -0.4 is 5.32 Å². The van der Waals surface area contributed by atoms with Gasteiger partial charge in [0.1, 0.15) is 5.69 Å². The number of hydrogen-bond acceptors (Lipinski definition) is 4. The van der Waals surface area contributed by atoms with E-state index in [4.69, 9.17) is 16.3 Å². The molecule has 2 unspecified atom stereocenters. The summed E-state index contributed by atoms with van der Waals surface area (Å²) in [6, 6.07) is 4.71. The van der Waals surface area contributed by atoms with Crippen LogP contribution in [0.25, 0.3) is 0 Å². The van der Waals surface area contributed by atoms with Crippen LogP contribution in [0.2, 0.25) is 5.02 Å². The minimum Gasteiger partial charge on any atom is -0.376 e. The summed E-state index contributed by atoms with van der Waals surface area (Å²) in [4.78, 5) is 10.5. The molecule has 17 heavy (non-hydrogen) atoms. The molecule has 0 amide bonds. The number of nitrogens with zero attached hydrogens (tertiary/aromatic N) is 1. The fraction of sp³-hybridized carbons (Fsp3) is 0.455. The van der Waals surface area contributed by atoms with E-state index in [1.165, 1.54) is 6.07 Å². The molecule has 1 N–H and O–H groups in total. The Hall–Kier alpha value is -1.33. The second-order valence-corrected chi connectivity index (χ2v) is 4.41. The first-order valence-corrected chi connectivity index (χ1v) is 5.78. The van der Waals surface area contributed by atoms with Crippen LogP contribution in [0.3, 0.4) is 0 Å². The Bertz CT molecular complexity index is 439. The van der Waals surface area contributed by atoms with Gasteiger partial charge in [-0.05, 0) is 19.4 Å². The van der Waals surface area contributed by atoms with Crippen molar-refractivity contribution in [1.29, 1.82) is 0 Å². The Kier molecular flexibility index (Phi) is 3.49. The Labute approximate surface area is 104 Å². The first-order valence-electron chi connectivity index (χ1n) is 5.40. The van der Waals surface area contributed by atoms with E-state index in [0.717, 1.165) is 6.42 Å². The lowest BCUT2D eigenvalue weighted by molar-refractivity contribution is -0.384. The maximum atomic E-state index is 10.9. The smallest absolute Gasteiger partial charge is 0.293 e. The number of nitro groups is 1. The lowest BCUT2D eigenvalue weighted by atomic mass is 10.1. The average Bonchev–Trinajstić information content (AvgIpc) is 2.67. The molecule has 1 aromatic carbocycles. The van der Waals surface area contributed by atoms with Gasteiger partial charge in [-0.1, -0.05) is 17.7 Å². The number of ether oxygens (including phenoxy) is 1. The molecule has 1 aliphatic heterocycles. The third-order valence-corrected chi connectivity index (χ3v) is 3.21. The van der Waals surface area contributed by atoms with E-state index in [2.05, 4.69) is 5.32 Å². The molecule has 1 saturated heterocycles. The summed E-state index contributed by atoms with van der Waals surface area (Å²) in [6.07, 6.45) is 0.856. The van der Waals surface area contributed by atoms with Gasteiger partial charge in [0.15, 0.2) is 0 Å². The molecule has 1 aliphatic rings. The highest BCUT2D eigenvalue weighted by Crippen LogP contribution is 2.33. The summed E-state index contributed by atoms with van der Waals surface area (Å²) in [5, 5.41) is 14.4. The van der Waals surface area contributed by atoms with Gasteiger partial charge >= 0.3 is 0 Å². The first-order chi connectivity index (χ1) is 8.09. The highest BCUT2D eigenvalue weighted by atomic mass is 35.5. The number of hydrogen-bond donors (Lipinski definition) is 1. The van der Waals surface area contributed by atoms with Crippen molar-refractivity contribution in [2.24, 2.45) is 0 Å². The van der Waals surface area contributed by atoms with Gasteiger partial charge in [-0.3, -0.25) is 10.1 Å². The molecule has 2 atom stereocenters.